The highest BCUT2D eigenvalue weighted by atomic mass is 35.5. The molecule has 0 aliphatic carbocycles. The van der Waals surface area contributed by atoms with E-state index in [1.807, 2.05) is 7.05 Å². The number of nitro benzene ring substituents is 1. The predicted molar refractivity (Wildman–Crippen MR) is 84.3 cm³/mol. The van der Waals surface area contributed by atoms with Gasteiger partial charge in [0.1, 0.15) is 0 Å². The van der Waals surface area contributed by atoms with E-state index in [2.05, 4.69) is 20.2 Å². The number of rotatable bonds is 4. The smallest absolute Gasteiger partial charge is 0.271 e. The van der Waals surface area contributed by atoms with Gasteiger partial charge in [-0.1, -0.05) is 0 Å². The fourth-order valence-corrected chi connectivity index (χ4v) is 2.61. The number of nitrogens with zero attached hydrogens (tertiary/aromatic N) is 3. The van der Waals surface area contributed by atoms with Crippen LogP contribution in [0.2, 0.25) is 0 Å². The Morgan fingerprint density at radius 1 is 1.52 bits per heavy atom. The van der Waals surface area contributed by atoms with Crippen molar-refractivity contribution >= 4 is 35.1 Å². The van der Waals surface area contributed by atoms with Crippen molar-refractivity contribution in [1.29, 1.82) is 0 Å². The summed E-state index contributed by atoms with van der Waals surface area (Å²) in [4.78, 5) is 20.0. The molecule has 0 spiro atoms. The number of hydrogen-bond acceptors (Lipinski definition) is 5. The Balaban J connectivity index is 0.00000161. The van der Waals surface area contributed by atoms with Gasteiger partial charge in [-0.05, 0) is 25.5 Å². The molecule has 1 unspecified atom stereocenters. The quantitative estimate of drug-likeness (QED) is 0.667. The normalized spacial score (nSPS) is 17.7. The van der Waals surface area contributed by atoms with Crippen LogP contribution < -0.4 is 10.2 Å². The molecule has 0 bridgehead atoms. The van der Waals surface area contributed by atoms with Crippen LogP contribution in [0.25, 0.3) is 11.0 Å². The number of halogens is 1. The average molecular weight is 312 g/mol. The van der Waals surface area contributed by atoms with Crippen molar-refractivity contribution in [2.45, 2.75) is 18.9 Å². The maximum Gasteiger partial charge on any atom is 0.271 e. The molecule has 1 aliphatic rings. The lowest BCUT2D eigenvalue weighted by atomic mass is 10.2. The van der Waals surface area contributed by atoms with Gasteiger partial charge in [-0.15, -0.1) is 12.4 Å². The molecule has 0 saturated carbocycles. The van der Waals surface area contributed by atoms with Gasteiger partial charge in [0.2, 0.25) is 5.95 Å². The van der Waals surface area contributed by atoms with Crippen LogP contribution in [0, 0.1) is 10.1 Å². The van der Waals surface area contributed by atoms with E-state index in [9.17, 15) is 10.1 Å². The van der Waals surface area contributed by atoms with Crippen LogP contribution in [0.15, 0.2) is 18.2 Å². The first-order valence-corrected chi connectivity index (χ1v) is 6.72. The van der Waals surface area contributed by atoms with E-state index in [1.54, 1.807) is 6.07 Å². The van der Waals surface area contributed by atoms with Crippen LogP contribution in [-0.2, 0) is 0 Å². The minimum atomic E-state index is -0.397. The lowest BCUT2D eigenvalue weighted by Crippen LogP contribution is -2.35. The largest absolute Gasteiger partial charge is 0.344 e. The highest BCUT2D eigenvalue weighted by Crippen LogP contribution is 2.22. The number of imidazole rings is 1. The Morgan fingerprint density at radius 3 is 3.00 bits per heavy atom. The summed E-state index contributed by atoms with van der Waals surface area (Å²) in [6.45, 7) is 1.95. The summed E-state index contributed by atoms with van der Waals surface area (Å²) in [7, 11) is 1.98. The standard InChI is InChI=1S/C13H17N5O2.ClH/c1-17(8-9-3-2-6-14-9)13-15-11-5-4-10(18(19)20)7-12(11)16-13;/h4-5,7,9,14H,2-3,6,8H2,1H3,(H,15,16);1H. The summed E-state index contributed by atoms with van der Waals surface area (Å²) in [6.07, 6.45) is 2.39. The number of anilines is 1. The SMILES string of the molecule is CN(CC1CCCN1)c1nc2ccc([N+](=O)[O-])cc2[nH]1.Cl. The van der Waals surface area contributed by atoms with E-state index in [4.69, 9.17) is 0 Å². The summed E-state index contributed by atoms with van der Waals surface area (Å²) in [5.41, 5.74) is 1.52. The monoisotopic (exact) mass is 311 g/mol. The summed E-state index contributed by atoms with van der Waals surface area (Å²) >= 11 is 0. The number of non-ortho nitro benzene ring substituents is 1. The van der Waals surface area contributed by atoms with Gasteiger partial charge in [-0.2, -0.15) is 0 Å². The lowest BCUT2D eigenvalue weighted by molar-refractivity contribution is -0.384. The van der Waals surface area contributed by atoms with Crippen LogP contribution >= 0.6 is 12.4 Å². The van der Waals surface area contributed by atoms with Crippen molar-refractivity contribution in [3.8, 4) is 0 Å². The molecule has 1 atom stereocenters. The number of fused-ring (bicyclic) bond motifs is 1. The minimum absolute atomic E-state index is 0. The molecule has 8 heteroatoms. The van der Waals surface area contributed by atoms with Crippen molar-refractivity contribution in [2.24, 2.45) is 0 Å². The summed E-state index contributed by atoms with van der Waals surface area (Å²) in [5, 5.41) is 14.2. The summed E-state index contributed by atoms with van der Waals surface area (Å²) < 4.78 is 0. The van der Waals surface area contributed by atoms with Crippen molar-refractivity contribution in [3.63, 3.8) is 0 Å². The topological polar surface area (TPSA) is 87.1 Å². The third kappa shape index (κ3) is 3.25. The molecule has 0 amide bonds. The van der Waals surface area contributed by atoms with Gasteiger partial charge in [0, 0.05) is 31.8 Å². The zero-order chi connectivity index (χ0) is 14.1. The Hall–Kier alpha value is -1.86. The fourth-order valence-electron chi connectivity index (χ4n) is 2.61. The number of likely N-dealkylation sites (N-methyl/N-ethyl adjacent to an activating group) is 1. The molecule has 2 N–H and O–H groups in total. The Morgan fingerprint density at radius 2 is 2.33 bits per heavy atom. The molecule has 1 fully saturated rings. The van der Waals surface area contributed by atoms with Crippen molar-refractivity contribution in [1.82, 2.24) is 15.3 Å². The molecule has 3 rings (SSSR count). The number of hydrogen-bond donors (Lipinski definition) is 2. The number of aromatic amines is 1. The average Bonchev–Trinajstić information content (AvgIpc) is 3.05. The van der Waals surface area contributed by atoms with Crippen LogP contribution in [0.4, 0.5) is 11.6 Å². The molecule has 1 saturated heterocycles. The molecule has 1 aromatic heterocycles. The molecule has 2 heterocycles. The molecule has 114 valence electrons. The van der Waals surface area contributed by atoms with Gasteiger partial charge < -0.3 is 15.2 Å². The van der Waals surface area contributed by atoms with E-state index in [-0.39, 0.29) is 18.1 Å². The zero-order valence-corrected chi connectivity index (χ0v) is 12.5. The second kappa shape index (κ2) is 6.28. The van der Waals surface area contributed by atoms with Gasteiger partial charge in [-0.3, -0.25) is 10.1 Å². The van der Waals surface area contributed by atoms with Gasteiger partial charge >= 0.3 is 0 Å². The van der Waals surface area contributed by atoms with Crippen LogP contribution in [0.3, 0.4) is 0 Å². The summed E-state index contributed by atoms with van der Waals surface area (Å²) in [5.74, 6) is 0.745. The maximum absolute atomic E-state index is 10.8. The van der Waals surface area contributed by atoms with Crippen LogP contribution in [-0.4, -0.2) is 41.1 Å². The van der Waals surface area contributed by atoms with Gasteiger partial charge in [0.15, 0.2) is 0 Å². The maximum atomic E-state index is 10.8. The molecule has 1 aromatic carbocycles. The van der Waals surface area contributed by atoms with E-state index >= 15 is 0 Å². The van der Waals surface area contributed by atoms with E-state index < -0.39 is 4.92 Å². The molecule has 2 aromatic rings. The van der Waals surface area contributed by atoms with Crippen LogP contribution in [0.5, 0.6) is 0 Å². The highest BCUT2D eigenvalue weighted by molar-refractivity contribution is 5.85. The third-order valence-electron chi connectivity index (χ3n) is 3.68. The molecular weight excluding hydrogens is 294 g/mol. The van der Waals surface area contributed by atoms with Crippen molar-refractivity contribution in [2.75, 3.05) is 25.0 Å². The second-order valence-electron chi connectivity index (χ2n) is 5.19. The number of nitro groups is 1. The molecule has 7 nitrogen and oxygen atoms in total. The Labute approximate surface area is 128 Å². The van der Waals surface area contributed by atoms with E-state index in [1.165, 1.54) is 25.0 Å². The first-order valence-electron chi connectivity index (χ1n) is 6.72. The second-order valence-corrected chi connectivity index (χ2v) is 5.19. The van der Waals surface area contributed by atoms with E-state index in [0.29, 0.717) is 11.6 Å². The molecular formula is C13H18ClN5O2. The van der Waals surface area contributed by atoms with Gasteiger partial charge in [0.05, 0.1) is 16.0 Å². The first kappa shape index (κ1) is 15.5. The van der Waals surface area contributed by atoms with Crippen molar-refractivity contribution < 1.29 is 4.92 Å². The molecule has 1 aliphatic heterocycles. The Bertz CT molecular complexity index is 639. The molecule has 21 heavy (non-hydrogen) atoms. The van der Waals surface area contributed by atoms with E-state index in [0.717, 1.165) is 24.6 Å². The fraction of sp³-hybridized carbons (Fsp3) is 0.462. The number of benzene rings is 1. The summed E-state index contributed by atoms with van der Waals surface area (Å²) in [6, 6.07) is 5.16. The van der Waals surface area contributed by atoms with Gasteiger partial charge in [-0.25, -0.2) is 4.98 Å². The van der Waals surface area contributed by atoms with Crippen LogP contribution in [0.1, 0.15) is 12.8 Å². The third-order valence-corrected chi connectivity index (χ3v) is 3.68. The number of H-pyrrole nitrogens is 1. The first-order chi connectivity index (χ1) is 9.63. The number of nitrogens with one attached hydrogen (secondary N) is 2. The minimum Gasteiger partial charge on any atom is -0.344 e. The highest BCUT2D eigenvalue weighted by Gasteiger charge is 2.18. The number of aromatic nitrogens is 2. The predicted octanol–water partition coefficient (Wildman–Crippen LogP) is 2.08. The van der Waals surface area contributed by atoms with Crippen molar-refractivity contribution in [3.05, 3.63) is 28.3 Å². The molecule has 0 radical (unpaired) electrons. The Kier molecular flexibility index (Phi) is 4.64. The zero-order valence-electron chi connectivity index (χ0n) is 11.7. The van der Waals surface area contributed by atoms with Gasteiger partial charge in [0.25, 0.3) is 5.69 Å². The lowest BCUT2D eigenvalue weighted by Gasteiger charge is -2.20.